The maximum absolute atomic E-state index is 12.5. The minimum Gasteiger partial charge on any atom is -0.486 e. The molecule has 0 radical (unpaired) electrons. The van der Waals surface area contributed by atoms with Crippen molar-refractivity contribution < 1.29 is 23.4 Å². The SMILES string of the molecule is Cc1cccc(C)c1NC(=O)c1ccc(COc2ccc3c(c2)OCO3)o1. The summed E-state index contributed by atoms with van der Waals surface area (Å²) in [6.45, 7) is 4.33. The Labute approximate surface area is 156 Å². The number of aryl methyl sites for hydroxylation is 2. The largest absolute Gasteiger partial charge is 0.486 e. The normalized spacial score (nSPS) is 12.1. The van der Waals surface area contributed by atoms with Gasteiger partial charge in [-0.15, -0.1) is 0 Å². The maximum Gasteiger partial charge on any atom is 0.291 e. The van der Waals surface area contributed by atoms with Crippen molar-refractivity contribution in [1.29, 1.82) is 0 Å². The molecule has 0 saturated carbocycles. The van der Waals surface area contributed by atoms with Crippen molar-refractivity contribution in [2.24, 2.45) is 0 Å². The third-order valence-electron chi connectivity index (χ3n) is 4.33. The monoisotopic (exact) mass is 365 g/mol. The Balaban J connectivity index is 1.40. The van der Waals surface area contributed by atoms with E-state index in [1.54, 1.807) is 30.3 Å². The summed E-state index contributed by atoms with van der Waals surface area (Å²) >= 11 is 0. The minimum absolute atomic E-state index is 0.205. The van der Waals surface area contributed by atoms with Gasteiger partial charge < -0.3 is 23.9 Å². The van der Waals surface area contributed by atoms with Crippen LogP contribution in [0, 0.1) is 13.8 Å². The van der Waals surface area contributed by atoms with Crippen LogP contribution in [-0.4, -0.2) is 12.7 Å². The van der Waals surface area contributed by atoms with Crippen molar-refractivity contribution in [3.8, 4) is 17.2 Å². The molecule has 3 aromatic rings. The van der Waals surface area contributed by atoms with Crippen LogP contribution in [0.4, 0.5) is 5.69 Å². The number of nitrogens with one attached hydrogen (secondary N) is 1. The summed E-state index contributed by atoms with van der Waals surface area (Å²) in [5.41, 5.74) is 2.81. The lowest BCUT2D eigenvalue weighted by molar-refractivity contribution is 0.0992. The zero-order chi connectivity index (χ0) is 18.8. The van der Waals surface area contributed by atoms with Crippen LogP contribution in [0.5, 0.6) is 17.2 Å². The number of furan rings is 1. The molecule has 2 aromatic carbocycles. The smallest absolute Gasteiger partial charge is 0.291 e. The Morgan fingerprint density at radius 2 is 1.81 bits per heavy atom. The minimum atomic E-state index is -0.290. The van der Waals surface area contributed by atoms with Crippen LogP contribution in [0.2, 0.25) is 0 Å². The zero-order valence-electron chi connectivity index (χ0n) is 15.1. The summed E-state index contributed by atoms with van der Waals surface area (Å²) in [7, 11) is 0. The van der Waals surface area contributed by atoms with Crippen LogP contribution in [0.15, 0.2) is 52.9 Å². The van der Waals surface area contributed by atoms with Crippen LogP contribution >= 0.6 is 0 Å². The van der Waals surface area contributed by atoms with E-state index in [0.29, 0.717) is 23.0 Å². The molecule has 1 aromatic heterocycles. The summed E-state index contributed by atoms with van der Waals surface area (Å²) in [5.74, 6) is 2.49. The maximum atomic E-state index is 12.5. The summed E-state index contributed by atoms with van der Waals surface area (Å²) in [4.78, 5) is 12.5. The van der Waals surface area contributed by atoms with Crippen molar-refractivity contribution in [2.45, 2.75) is 20.5 Å². The Morgan fingerprint density at radius 3 is 2.63 bits per heavy atom. The predicted octanol–water partition coefficient (Wildman–Crippen LogP) is 4.46. The molecule has 0 bridgehead atoms. The van der Waals surface area contributed by atoms with Crippen LogP contribution in [0.1, 0.15) is 27.4 Å². The Morgan fingerprint density at radius 1 is 1.04 bits per heavy atom. The molecular formula is C21H19NO5. The molecule has 1 amide bonds. The first-order valence-corrected chi connectivity index (χ1v) is 8.59. The molecule has 0 saturated heterocycles. The van der Waals surface area contributed by atoms with Crippen molar-refractivity contribution >= 4 is 11.6 Å². The van der Waals surface area contributed by atoms with E-state index >= 15 is 0 Å². The standard InChI is InChI=1S/C21H19NO5/c1-13-4-3-5-14(2)20(13)22-21(23)18-9-7-16(27-18)11-24-15-6-8-17-19(10-15)26-12-25-17/h3-10H,11-12H2,1-2H3,(H,22,23). The van der Waals surface area contributed by atoms with Crippen LogP contribution < -0.4 is 19.5 Å². The second kappa shape index (κ2) is 7.07. The molecule has 27 heavy (non-hydrogen) atoms. The molecule has 2 heterocycles. The number of ether oxygens (including phenoxy) is 3. The summed E-state index contributed by atoms with van der Waals surface area (Å²) in [5, 5.41) is 2.91. The summed E-state index contributed by atoms with van der Waals surface area (Å²) in [6, 6.07) is 14.6. The van der Waals surface area contributed by atoms with E-state index in [4.69, 9.17) is 18.6 Å². The van der Waals surface area contributed by atoms with Crippen molar-refractivity contribution in [3.05, 3.63) is 71.2 Å². The number of carbonyl (C=O) groups excluding carboxylic acids is 1. The van der Waals surface area contributed by atoms with Crippen LogP contribution in [0.3, 0.4) is 0 Å². The van der Waals surface area contributed by atoms with Gasteiger partial charge in [0.05, 0.1) is 0 Å². The molecule has 0 spiro atoms. The molecule has 1 aliphatic rings. The fourth-order valence-electron chi connectivity index (χ4n) is 2.89. The van der Waals surface area contributed by atoms with E-state index in [2.05, 4.69) is 5.32 Å². The molecule has 4 rings (SSSR count). The van der Waals surface area contributed by atoms with Gasteiger partial charge in [0.15, 0.2) is 17.3 Å². The molecule has 0 fully saturated rings. The Hall–Kier alpha value is -3.41. The lowest BCUT2D eigenvalue weighted by atomic mass is 10.1. The number of hydrogen-bond donors (Lipinski definition) is 1. The molecule has 1 N–H and O–H groups in total. The van der Waals surface area contributed by atoms with Crippen molar-refractivity contribution in [1.82, 2.24) is 0 Å². The van der Waals surface area contributed by atoms with Gasteiger partial charge in [-0.25, -0.2) is 0 Å². The van der Waals surface area contributed by atoms with Gasteiger partial charge in [0.2, 0.25) is 6.79 Å². The second-order valence-corrected chi connectivity index (χ2v) is 6.29. The first-order chi connectivity index (χ1) is 13.1. The predicted molar refractivity (Wildman–Crippen MR) is 99.5 cm³/mol. The van der Waals surface area contributed by atoms with E-state index < -0.39 is 0 Å². The Kier molecular flexibility index (Phi) is 4.46. The highest BCUT2D eigenvalue weighted by Crippen LogP contribution is 2.35. The number of benzene rings is 2. The van der Waals surface area contributed by atoms with Crippen molar-refractivity contribution in [3.63, 3.8) is 0 Å². The molecule has 0 unspecified atom stereocenters. The van der Waals surface area contributed by atoms with Gasteiger partial charge in [0, 0.05) is 11.8 Å². The quantitative estimate of drug-likeness (QED) is 0.723. The second-order valence-electron chi connectivity index (χ2n) is 6.29. The number of hydrogen-bond acceptors (Lipinski definition) is 5. The molecule has 6 heteroatoms. The van der Waals surface area contributed by atoms with Crippen molar-refractivity contribution in [2.75, 3.05) is 12.1 Å². The number of carbonyl (C=O) groups is 1. The number of para-hydroxylation sites is 1. The molecule has 6 nitrogen and oxygen atoms in total. The van der Waals surface area contributed by atoms with E-state index in [0.717, 1.165) is 16.8 Å². The van der Waals surface area contributed by atoms with E-state index in [1.807, 2.05) is 32.0 Å². The fourth-order valence-corrected chi connectivity index (χ4v) is 2.89. The fraction of sp³-hybridized carbons (Fsp3) is 0.190. The third kappa shape index (κ3) is 3.60. The van der Waals surface area contributed by atoms with E-state index in [9.17, 15) is 4.79 Å². The van der Waals surface area contributed by atoms with Gasteiger partial charge in [0.1, 0.15) is 18.1 Å². The van der Waals surface area contributed by atoms with Crippen LogP contribution in [-0.2, 0) is 6.61 Å². The molecule has 0 atom stereocenters. The lowest BCUT2D eigenvalue weighted by Gasteiger charge is -2.10. The number of anilines is 1. The lowest BCUT2D eigenvalue weighted by Crippen LogP contribution is -2.13. The van der Waals surface area contributed by atoms with Gasteiger partial charge >= 0.3 is 0 Å². The van der Waals surface area contributed by atoms with Crippen LogP contribution in [0.25, 0.3) is 0 Å². The van der Waals surface area contributed by atoms with E-state index in [1.165, 1.54) is 0 Å². The highest BCUT2D eigenvalue weighted by Gasteiger charge is 2.16. The Bertz CT molecular complexity index is 972. The zero-order valence-corrected chi connectivity index (χ0v) is 15.1. The number of rotatable bonds is 5. The third-order valence-corrected chi connectivity index (χ3v) is 4.33. The molecule has 1 aliphatic heterocycles. The summed E-state index contributed by atoms with van der Waals surface area (Å²) < 4.78 is 21.9. The highest BCUT2D eigenvalue weighted by molar-refractivity contribution is 6.03. The summed E-state index contributed by atoms with van der Waals surface area (Å²) in [6.07, 6.45) is 0. The van der Waals surface area contributed by atoms with Gasteiger partial charge in [-0.1, -0.05) is 18.2 Å². The van der Waals surface area contributed by atoms with Gasteiger partial charge in [-0.2, -0.15) is 0 Å². The molecule has 0 aliphatic carbocycles. The number of fused-ring (bicyclic) bond motifs is 1. The average molecular weight is 365 g/mol. The first-order valence-electron chi connectivity index (χ1n) is 8.59. The van der Waals surface area contributed by atoms with Gasteiger partial charge in [0.25, 0.3) is 5.91 Å². The van der Waals surface area contributed by atoms with E-state index in [-0.39, 0.29) is 25.1 Å². The molecule has 138 valence electrons. The molecular weight excluding hydrogens is 346 g/mol. The number of amides is 1. The average Bonchev–Trinajstić information content (AvgIpc) is 3.31. The highest BCUT2D eigenvalue weighted by atomic mass is 16.7. The van der Waals surface area contributed by atoms with Gasteiger partial charge in [-0.05, 0) is 49.2 Å². The van der Waals surface area contributed by atoms with Gasteiger partial charge in [-0.3, -0.25) is 4.79 Å². The first kappa shape index (κ1) is 17.0. The topological polar surface area (TPSA) is 69.9 Å².